The summed E-state index contributed by atoms with van der Waals surface area (Å²) in [7, 11) is 1.32. The van der Waals surface area contributed by atoms with E-state index in [1.165, 1.54) is 7.11 Å². The van der Waals surface area contributed by atoms with Crippen LogP contribution >= 0.6 is 0 Å². The van der Waals surface area contributed by atoms with E-state index < -0.39 is 12.0 Å². The van der Waals surface area contributed by atoms with Crippen LogP contribution in [0.25, 0.3) is 0 Å². The normalized spacial score (nSPS) is 15.7. The van der Waals surface area contributed by atoms with Crippen LogP contribution in [0.1, 0.15) is 30.1 Å². The fraction of sp³-hybridized carbons (Fsp3) is 0.529. The Morgan fingerprint density at radius 1 is 1.38 bits per heavy atom. The topological polar surface area (TPSA) is 93.9 Å². The minimum atomic E-state index is -0.598. The van der Waals surface area contributed by atoms with Crippen LogP contribution in [0.3, 0.4) is 0 Å². The van der Waals surface area contributed by atoms with Crippen LogP contribution in [0.2, 0.25) is 0 Å². The molecule has 0 bridgehead atoms. The molecule has 1 aliphatic heterocycles. The average Bonchev–Trinajstić information content (AvgIpc) is 2.62. The van der Waals surface area contributed by atoms with Crippen LogP contribution in [0, 0.1) is 0 Å². The van der Waals surface area contributed by atoms with E-state index in [2.05, 4.69) is 10.2 Å². The second-order valence-corrected chi connectivity index (χ2v) is 5.71. The zero-order valence-corrected chi connectivity index (χ0v) is 14.2. The first-order chi connectivity index (χ1) is 11.6. The molecule has 2 rings (SSSR count). The number of ether oxygens (including phenoxy) is 2. The first kappa shape index (κ1) is 18.2. The predicted molar refractivity (Wildman–Crippen MR) is 92.3 cm³/mol. The number of nitrogens with two attached hydrogens (primary N) is 1. The van der Waals surface area contributed by atoms with Gasteiger partial charge in [0.25, 0.3) is 0 Å². The SMILES string of the molecule is CCCC(N)C(=O)Nc1ccc(N2CCOCC2)cc1C(=O)OC. The van der Waals surface area contributed by atoms with Gasteiger partial charge in [0.1, 0.15) is 0 Å². The van der Waals surface area contributed by atoms with Gasteiger partial charge in [0.05, 0.1) is 37.6 Å². The number of hydrogen-bond donors (Lipinski definition) is 2. The fourth-order valence-electron chi connectivity index (χ4n) is 2.61. The predicted octanol–water partition coefficient (Wildman–Crippen LogP) is 1.38. The number of amides is 1. The van der Waals surface area contributed by atoms with E-state index in [4.69, 9.17) is 15.2 Å². The highest BCUT2D eigenvalue weighted by atomic mass is 16.5. The summed E-state index contributed by atoms with van der Waals surface area (Å²) in [6, 6.07) is 4.73. The average molecular weight is 335 g/mol. The smallest absolute Gasteiger partial charge is 0.340 e. The molecular formula is C17H25N3O4. The van der Waals surface area contributed by atoms with Crippen LogP contribution in [-0.4, -0.2) is 51.3 Å². The van der Waals surface area contributed by atoms with E-state index in [1.807, 2.05) is 13.0 Å². The molecule has 1 saturated heterocycles. The number of carbonyl (C=O) groups excluding carboxylic acids is 2. The lowest BCUT2D eigenvalue weighted by molar-refractivity contribution is -0.117. The third kappa shape index (κ3) is 4.46. The molecule has 0 saturated carbocycles. The van der Waals surface area contributed by atoms with Crippen molar-refractivity contribution in [1.29, 1.82) is 0 Å². The lowest BCUT2D eigenvalue weighted by atomic mass is 10.1. The summed E-state index contributed by atoms with van der Waals surface area (Å²) in [4.78, 5) is 26.4. The van der Waals surface area contributed by atoms with Gasteiger partial charge in [-0.3, -0.25) is 4.79 Å². The molecule has 1 amide bonds. The van der Waals surface area contributed by atoms with Crippen LogP contribution in [0.5, 0.6) is 0 Å². The molecule has 7 nitrogen and oxygen atoms in total. The van der Waals surface area contributed by atoms with Gasteiger partial charge in [-0.05, 0) is 24.6 Å². The van der Waals surface area contributed by atoms with Gasteiger partial charge in [0, 0.05) is 18.8 Å². The standard InChI is InChI=1S/C17H25N3O4/c1-3-4-14(18)16(21)19-15-6-5-12(11-13(15)17(22)23-2)20-7-9-24-10-8-20/h5-6,11,14H,3-4,7-10,18H2,1-2H3,(H,19,21). The second-order valence-electron chi connectivity index (χ2n) is 5.71. The van der Waals surface area contributed by atoms with Crippen LogP contribution in [-0.2, 0) is 14.3 Å². The van der Waals surface area contributed by atoms with Crippen molar-refractivity contribution in [1.82, 2.24) is 0 Å². The Kier molecular flexibility index (Phi) is 6.57. The second kappa shape index (κ2) is 8.65. The number of anilines is 2. The lowest BCUT2D eigenvalue weighted by Gasteiger charge is -2.29. The molecule has 0 aromatic heterocycles. The molecule has 132 valence electrons. The quantitative estimate of drug-likeness (QED) is 0.763. The molecule has 1 fully saturated rings. The monoisotopic (exact) mass is 335 g/mol. The van der Waals surface area contributed by atoms with Gasteiger partial charge in [0.2, 0.25) is 5.91 Å². The minimum absolute atomic E-state index is 0.305. The molecule has 0 aliphatic carbocycles. The van der Waals surface area contributed by atoms with Crippen molar-refractivity contribution in [3.8, 4) is 0 Å². The molecule has 1 unspecified atom stereocenters. The summed E-state index contributed by atoms with van der Waals surface area (Å²) in [5, 5.41) is 2.73. The van der Waals surface area contributed by atoms with Crippen molar-refractivity contribution in [3.05, 3.63) is 23.8 Å². The first-order valence-corrected chi connectivity index (χ1v) is 8.18. The van der Waals surface area contributed by atoms with Gasteiger partial charge in [0.15, 0.2) is 0 Å². The zero-order valence-electron chi connectivity index (χ0n) is 14.2. The third-order valence-corrected chi connectivity index (χ3v) is 3.98. The third-order valence-electron chi connectivity index (χ3n) is 3.98. The number of nitrogens with one attached hydrogen (secondary N) is 1. The highest BCUT2D eigenvalue weighted by Gasteiger charge is 2.20. The number of carbonyl (C=O) groups is 2. The van der Waals surface area contributed by atoms with Crippen molar-refractivity contribution in [2.75, 3.05) is 43.6 Å². The van der Waals surface area contributed by atoms with Crippen molar-refractivity contribution in [3.63, 3.8) is 0 Å². The number of esters is 1. The molecule has 1 atom stereocenters. The fourth-order valence-corrected chi connectivity index (χ4v) is 2.61. The van der Waals surface area contributed by atoms with E-state index in [0.29, 0.717) is 30.9 Å². The Morgan fingerprint density at radius 2 is 2.08 bits per heavy atom. The van der Waals surface area contributed by atoms with E-state index in [9.17, 15) is 9.59 Å². The number of methoxy groups -OCH3 is 1. The Bertz CT molecular complexity index is 585. The zero-order chi connectivity index (χ0) is 17.5. The Labute approximate surface area is 142 Å². The maximum Gasteiger partial charge on any atom is 0.340 e. The van der Waals surface area contributed by atoms with Crippen LogP contribution < -0.4 is 16.0 Å². The van der Waals surface area contributed by atoms with Crippen LogP contribution in [0.15, 0.2) is 18.2 Å². The number of nitrogens with zero attached hydrogens (tertiary/aromatic N) is 1. The summed E-state index contributed by atoms with van der Waals surface area (Å²) in [6.07, 6.45) is 1.40. The summed E-state index contributed by atoms with van der Waals surface area (Å²) in [6.45, 7) is 4.78. The van der Waals surface area contributed by atoms with Gasteiger partial charge >= 0.3 is 5.97 Å². The van der Waals surface area contributed by atoms with E-state index in [-0.39, 0.29) is 5.91 Å². The summed E-state index contributed by atoms with van der Waals surface area (Å²) < 4.78 is 10.2. The molecule has 0 spiro atoms. The number of morpholine rings is 1. The molecule has 1 heterocycles. The molecule has 24 heavy (non-hydrogen) atoms. The molecule has 1 aliphatic rings. The van der Waals surface area contributed by atoms with Crippen molar-refractivity contribution < 1.29 is 19.1 Å². The Morgan fingerprint density at radius 3 is 2.71 bits per heavy atom. The van der Waals surface area contributed by atoms with Crippen LogP contribution in [0.4, 0.5) is 11.4 Å². The number of hydrogen-bond acceptors (Lipinski definition) is 6. The summed E-state index contributed by atoms with van der Waals surface area (Å²) in [5.74, 6) is -0.800. The first-order valence-electron chi connectivity index (χ1n) is 8.18. The minimum Gasteiger partial charge on any atom is -0.465 e. The maximum atomic E-state index is 12.1. The molecular weight excluding hydrogens is 310 g/mol. The summed E-state index contributed by atoms with van der Waals surface area (Å²) >= 11 is 0. The van der Waals surface area contributed by atoms with Crippen molar-refractivity contribution in [2.45, 2.75) is 25.8 Å². The van der Waals surface area contributed by atoms with Crippen molar-refractivity contribution in [2.24, 2.45) is 5.73 Å². The largest absolute Gasteiger partial charge is 0.465 e. The Balaban J connectivity index is 2.23. The summed E-state index contributed by atoms with van der Waals surface area (Å²) in [5.41, 5.74) is 7.46. The lowest BCUT2D eigenvalue weighted by Crippen LogP contribution is -2.37. The number of benzene rings is 1. The highest BCUT2D eigenvalue weighted by Crippen LogP contribution is 2.25. The number of rotatable bonds is 6. The van der Waals surface area contributed by atoms with Gasteiger partial charge < -0.3 is 25.4 Å². The molecule has 3 N–H and O–H groups in total. The highest BCUT2D eigenvalue weighted by molar-refractivity contribution is 6.03. The molecule has 1 aromatic carbocycles. The van der Waals surface area contributed by atoms with Gasteiger partial charge in [-0.2, -0.15) is 0 Å². The molecule has 7 heteroatoms. The van der Waals surface area contributed by atoms with E-state index >= 15 is 0 Å². The van der Waals surface area contributed by atoms with Gasteiger partial charge in [-0.1, -0.05) is 13.3 Å². The van der Waals surface area contributed by atoms with Crippen molar-refractivity contribution >= 4 is 23.3 Å². The van der Waals surface area contributed by atoms with Gasteiger partial charge in [-0.15, -0.1) is 0 Å². The van der Waals surface area contributed by atoms with Gasteiger partial charge in [-0.25, -0.2) is 4.79 Å². The maximum absolute atomic E-state index is 12.1. The Hall–Kier alpha value is -2.12. The molecule has 0 radical (unpaired) electrons. The molecule has 1 aromatic rings. The van der Waals surface area contributed by atoms with E-state index in [1.54, 1.807) is 12.1 Å². The van der Waals surface area contributed by atoms with E-state index in [0.717, 1.165) is 25.2 Å².